The summed E-state index contributed by atoms with van der Waals surface area (Å²) in [4.78, 5) is 0. The van der Waals surface area contributed by atoms with Gasteiger partial charge in [-0.25, -0.2) is 0 Å². The van der Waals surface area contributed by atoms with Gasteiger partial charge in [0.1, 0.15) is 0 Å². The van der Waals surface area contributed by atoms with Crippen LogP contribution in [0.1, 0.15) is 59.8 Å². The van der Waals surface area contributed by atoms with Gasteiger partial charge in [-0.1, -0.05) is 11.6 Å². The largest absolute Gasteiger partial charge is 0.393 e. The highest BCUT2D eigenvalue weighted by Gasteiger charge is 2.45. The van der Waals surface area contributed by atoms with E-state index in [0.29, 0.717) is 5.92 Å². The number of ether oxygens (including phenoxy) is 1. The highest BCUT2D eigenvalue weighted by molar-refractivity contribution is 5.07. The molecule has 1 aliphatic heterocycles. The van der Waals surface area contributed by atoms with Crippen LogP contribution >= 0.6 is 0 Å². The Morgan fingerprint density at radius 2 is 2.00 bits per heavy atom. The highest BCUT2D eigenvalue weighted by atomic mass is 16.5. The van der Waals surface area contributed by atoms with Crippen LogP contribution in [0.15, 0.2) is 11.6 Å². The zero-order valence-electron chi connectivity index (χ0n) is 11.6. The van der Waals surface area contributed by atoms with Crippen molar-refractivity contribution in [3.63, 3.8) is 0 Å². The van der Waals surface area contributed by atoms with Gasteiger partial charge in [0.2, 0.25) is 0 Å². The van der Waals surface area contributed by atoms with Crippen LogP contribution < -0.4 is 0 Å². The summed E-state index contributed by atoms with van der Waals surface area (Å²) < 4.78 is 6.32. The lowest BCUT2D eigenvalue weighted by molar-refractivity contribution is -0.217. The van der Waals surface area contributed by atoms with E-state index < -0.39 is 0 Å². The number of rotatable bonds is 1. The predicted molar refractivity (Wildman–Crippen MR) is 69.9 cm³/mol. The summed E-state index contributed by atoms with van der Waals surface area (Å²) in [7, 11) is 0. The van der Waals surface area contributed by atoms with Gasteiger partial charge in [0.25, 0.3) is 0 Å². The van der Waals surface area contributed by atoms with E-state index in [0.717, 1.165) is 19.3 Å². The van der Waals surface area contributed by atoms with Gasteiger partial charge in [-0.3, -0.25) is 0 Å². The molecule has 1 aliphatic carbocycles. The summed E-state index contributed by atoms with van der Waals surface area (Å²) in [5.74, 6) is 0.556. The molecule has 2 rings (SSSR count). The van der Waals surface area contributed by atoms with Crippen LogP contribution in [0.5, 0.6) is 0 Å². The molecule has 1 N–H and O–H groups in total. The van der Waals surface area contributed by atoms with Crippen molar-refractivity contribution >= 4 is 0 Å². The summed E-state index contributed by atoms with van der Waals surface area (Å²) in [5.41, 5.74) is 1.15. The maximum atomic E-state index is 10.1. The van der Waals surface area contributed by atoms with Gasteiger partial charge in [-0.05, 0) is 52.9 Å². The Morgan fingerprint density at radius 1 is 1.29 bits per heavy atom. The van der Waals surface area contributed by atoms with Crippen molar-refractivity contribution in [1.29, 1.82) is 0 Å². The summed E-state index contributed by atoms with van der Waals surface area (Å²) in [6.45, 7) is 8.59. The number of hydrogen-bond acceptors (Lipinski definition) is 2. The van der Waals surface area contributed by atoms with Crippen molar-refractivity contribution < 1.29 is 9.84 Å². The normalized spacial score (nSPS) is 42.1. The van der Waals surface area contributed by atoms with Gasteiger partial charge >= 0.3 is 0 Å². The Bertz CT molecular complexity index is 319. The van der Waals surface area contributed by atoms with E-state index in [-0.39, 0.29) is 17.3 Å². The fraction of sp³-hybridized carbons (Fsp3) is 0.867. The molecule has 2 nitrogen and oxygen atoms in total. The average molecular weight is 238 g/mol. The fourth-order valence-corrected chi connectivity index (χ4v) is 3.59. The van der Waals surface area contributed by atoms with Crippen LogP contribution in [0.2, 0.25) is 0 Å². The van der Waals surface area contributed by atoms with E-state index >= 15 is 0 Å². The lowest BCUT2D eigenvalue weighted by atomic mass is 9.73. The standard InChI is InChI=1S/C15H26O2/c1-11-5-7-12(8-6-11)15(4)10-13(16)9-14(2,3)17-15/h5,12-13,16H,6-10H2,1-4H3/t12-,13+,15-/m0/s1. The first-order chi connectivity index (χ1) is 7.81. The molecule has 2 aliphatic rings. The van der Waals surface area contributed by atoms with Crippen LogP contribution in [0.3, 0.4) is 0 Å². The second kappa shape index (κ2) is 4.40. The first-order valence-corrected chi connectivity index (χ1v) is 6.85. The van der Waals surface area contributed by atoms with Crippen LogP contribution in [0.25, 0.3) is 0 Å². The summed E-state index contributed by atoms with van der Waals surface area (Å²) in [6.07, 6.45) is 7.15. The van der Waals surface area contributed by atoms with Crippen LogP contribution in [-0.4, -0.2) is 22.4 Å². The lowest BCUT2D eigenvalue weighted by Gasteiger charge is -2.50. The molecule has 0 aromatic heterocycles. The molecular weight excluding hydrogens is 212 g/mol. The number of aliphatic hydroxyl groups is 1. The molecular formula is C15H26O2. The Kier molecular flexibility index (Phi) is 3.39. The van der Waals surface area contributed by atoms with Crippen LogP contribution in [0.4, 0.5) is 0 Å². The first kappa shape index (κ1) is 13.1. The molecule has 1 saturated heterocycles. The molecule has 0 aromatic rings. The molecule has 0 spiro atoms. The van der Waals surface area contributed by atoms with Gasteiger partial charge in [0.15, 0.2) is 0 Å². The summed E-state index contributed by atoms with van der Waals surface area (Å²) in [6, 6.07) is 0. The molecule has 0 bridgehead atoms. The first-order valence-electron chi connectivity index (χ1n) is 6.85. The maximum Gasteiger partial charge on any atom is 0.0717 e. The second-order valence-electron chi connectivity index (χ2n) is 6.76. The van der Waals surface area contributed by atoms with Crippen molar-refractivity contribution in [3.05, 3.63) is 11.6 Å². The Balaban J connectivity index is 2.12. The molecule has 0 amide bonds. The van der Waals surface area contributed by atoms with Crippen molar-refractivity contribution in [2.24, 2.45) is 5.92 Å². The third-order valence-corrected chi connectivity index (χ3v) is 4.38. The van der Waals surface area contributed by atoms with E-state index in [1.165, 1.54) is 18.4 Å². The van der Waals surface area contributed by atoms with Crippen LogP contribution in [0, 0.1) is 5.92 Å². The third kappa shape index (κ3) is 2.92. The van der Waals surface area contributed by atoms with Crippen LogP contribution in [-0.2, 0) is 4.74 Å². The van der Waals surface area contributed by atoms with E-state index in [2.05, 4.69) is 33.8 Å². The topological polar surface area (TPSA) is 29.5 Å². The molecule has 1 fully saturated rings. The number of allylic oxidation sites excluding steroid dienone is 2. The molecule has 1 heterocycles. The summed E-state index contributed by atoms with van der Waals surface area (Å²) in [5, 5.41) is 10.1. The molecule has 0 aromatic carbocycles. The Hall–Kier alpha value is -0.340. The SMILES string of the molecule is CC1=CC[C@H]([C@]2(C)C[C@H](O)CC(C)(C)O2)CC1. The molecule has 2 heteroatoms. The van der Waals surface area contributed by atoms with E-state index in [1.54, 1.807) is 0 Å². The zero-order valence-corrected chi connectivity index (χ0v) is 11.6. The maximum absolute atomic E-state index is 10.1. The van der Waals surface area contributed by atoms with Gasteiger partial charge in [0.05, 0.1) is 17.3 Å². The molecule has 0 saturated carbocycles. The molecule has 0 radical (unpaired) electrons. The van der Waals surface area contributed by atoms with Crippen molar-refractivity contribution in [2.45, 2.75) is 77.1 Å². The van der Waals surface area contributed by atoms with Gasteiger partial charge in [-0.15, -0.1) is 0 Å². The van der Waals surface area contributed by atoms with Gasteiger partial charge in [0, 0.05) is 12.8 Å². The molecule has 0 unspecified atom stereocenters. The molecule has 98 valence electrons. The van der Waals surface area contributed by atoms with Gasteiger partial charge < -0.3 is 9.84 Å². The van der Waals surface area contributed by atoms with E-state index in [1.807, 2.05) is 0 Å². The highest BCUT2D eigenvalue weighted by Crippen LogP contribution is 2.44. The minimum atomic E-state index is -0.212. The third-order valence-electron chi connectivity index (χ3n) is 4.38. The lowest BCUT2D eigenvalue weighted by Crippen LogP contribution is -2.53. The number of hydrogen-bond donors (Lipinski definition) is 1. The molecule has 3 atom stereocenters. The van der Waals surface area contributed by atoms with Crippen molar-refractivity contribution in [3.8, 4) is 0 Å². The fourth-order valence-electron chi connectivity index (χ4n) is 3.59. The van der Waals surface area contributed by atoms with Gasteiger partial charge in [-0.2, -0.15) is 0 Å². The average Bonchev–Trinajstić information content (AvgIpc) is 2.14. The van der Waals surface area contributed by atoms with E-state index in [4.69, 9.17) is 4.74 Å². The second-order valence-corrected chi connectivity index (χ2v) is 6.76. The van der Waals surface area contributed by atoms with E-state index in [9.17, 15) is 5.11 Å². The Morgan fingerprint density at radius 3 is 2.53 bits per heavy atom. The molecule has 17 heavy (non-hydrogen) atoms. The zero-order chi connectivity index (χ0) is 12.7. The minimum absolute atomic E-state index is 0.154. The Labute approximate surface area is 105 Å². The quantitative estimate of drug-likeness (QED) is 0.709. The predicted octanol–water partition coefficient (Wildman–Crippen LogP) is 3.44. The summed E-state index contributed by atoms with van der Waals surface area (Å²) >= 11 is 0. The monoisotopic (exact) mass is 238 g/mol. The van der Waals surface area contributed by atoms with Crippen molar-refractivity contribution in [2.75, 3.05) is 0 Å². The smallest absolute Gasteiger partial charge is 0.0717 e. The minimum Gasteiger partial charge on any atom is -0.393 e. The number of aliphatic hydroxyl groups excluding tert-OH is 1. The van der Waals surface area contributed by atoms with Crippen molar-refractivity contribution in [1.82, 2.24) is 0 Å².